The summed E-state index contributed by atoms with van der Waals surface area (Å²) < 4.78 is 0. The summed E-state index contributed by atoms with van der Waals surface area (Å²) in [6, 6.07) is 4.55. The van der Waals surface area contributed by atoms with Gasteiger partial charge < -0.3 is 10.8 Å². The first-order chi connectivity index (χ1) is 5.24. The Balaban J connectivity index is 0.00000121. The number of rotatable bonds is 2. The Morgan fingerprint density at radius 2 is 2.08 bits per heavy atom. The Labute approximate surface area is 81.8 Å². The maximum Gasteiger partial charge on any atom is 0.121 e. The van der Waals surface area contributed by atoms with Gasteiger partial charge in [-0.3, -0.25) is 5.26 Å². The van der Waals surface area contributed by atoms with Crippen LogP contribution in [-0.4, -0.2) is 10.4 Å². The van der Waals surface area contributed by atoms with Crippen molar-refractivity contribution in [2.75, 3.05) is 5.73 Å². The van der Waals surface area contributed by atoms with E-state index in [2.05, 4.69) is 4.89 Å². The fourth-order valence-corrected chi connectivity index (χ4v) is 0.791. The van der Waals surface area contributed by atoms with Crippen molar-refractivity contribution < 1.29 is 33.8 Å². The molecule has 0 saturated carbocycles. The second-order valence-electron chi connectivity index (χ2n) is 2.16. The molecule has 1 rings (SSSR count). The number of nitrogen functional groups attached to an aromatic ring is 1. The van der Waals surface area contributed by atoms with Gasteiger partial charge in [0.25, 0.3) is 0 Å². The smallest absolute Gasteiger partial charge is 0.121 e. The van der Waals surface area contributed by atoms with Crippen LogP contribution in [0.15, 0.2) is 18.2 Å². The van der Waals surface area contributed by atoms with Crippen LogP contribution in [0.25, 0.3) is 0 Å². The van der Waals surface area contributed by atoms with E-state index in [0.717, 1.165) is 0 Å². The van der Waals surface area contributed by atoms with E-state index in [-0.39, 0.29) is 30.9 Å². The van der Waals surface area contributed by atoms with Crippen LogP contribution in [0.3, 0.4) is 0 Å². The van der Waals surface area contributed by atoms with Gasteiger partial charge in [-0.2, -0.15) is 0 Å². The van der Waals surface area contributed by atoms with Crippen LogP contribution in [0, 0.1) is 0 Å². The topological polar surface area (TPSA) is 75.7 Å². The zero-order valence-corrected chi connectivity index (χ0v) is 7.66. The molecule has 1 radical (unpaired) electrons. The standard InChI is InChI=1S/C7H9NO3.V/c8-6-1-2-7(9)5(3-6)4-11-10;/h1-3,9-10H,4,8H2;. The number of hydrogen-bond acceptors (Lipinski definition) is 4. The van der Waals surface area contributed by atoms with Gasteiger partial charge in [0.1, 0.15) is 12.4 Å². The van der Waals surface area contributed by atoms with Crippen LogP contribution in [-0.2, 0) is 30.1 Å². The predicted molar refractivity (Wildman–Crippen MR) is 39.9 cm³/mol. The average molecular weight is 206 g/mol. The Bertz CT molecular complexity index is 254. The number of phenols is 1. The van der Waals surface area contributed by atoms with E-state index in [1.54, 1.807) is 6.07 Å². The van der Waals surface area contributed by atoms with Crippen molar-refractivity contribution in [3.63, 3.8) is 0 Å². The Hall–Kier alpha value is -0.676. The summed E-state index contributed by atoms with van der Waals surface area (Å²) in [6.07, 6.45) is 0. The third-order valence-electron chi connectivity index (χ3n) is 1.32. The summed E-state index contributed by atoms with van der Waals surface area (Å²) in [5.74, 6) is 0.0632. The summed E-state index contributed by atoms with van der Waals surface area (Å²) in [5, 5.41) is 17.2. The zero-order chi connectivity index (χ0) is 8.27. The molecule has 1 aromatic carbocycles. The molecule has 0 unspecified atom stereocenters. The zero-order valence-electron chi connectivity index (χ0n) is 6.27. The summed E-state index contributed by atoms with van der Waals surface area (Å²) in [6.45, 7) is -0.0587. The van der Waals surface area contributed by atoms with Gasteiger partial charge >= 0.3 is 0 Å². The number of benzene rings is 1. The molecule has 0 aliphatic carbocycles. The molecule has 0 aromatic heterocycles. The van der Waals surface area contributed by atoms with Crippen molar-refractivity contribution in [2.24, 2.45) is 0 Å². The molecule has 0 saturated heterocycles. The average Bonchev–Trinajstić information content (AvgIpc) is 1.98. The monoisotopic (exact) mass is 206 g/mol. The van der Waals surface area contributed by atoms with Gasteiger partial charge in [0.15, 0.2) is 0 Å². The van der Waals surface area contributed by atoms with Crippen molar-refractivity contribution in [2.45, 2.75) is 6.61 Å². The van der Waals surface area contributed by atoms with E-state index in [0.29, 0.717) is 11.3 Å². The molecule has 12 heavy (non-hydrogen) atoms. The Kier molecular flexibility index (Phi) is 4.77. The molecule has 0 heterocycles. The molecule has 0 atom stereocenters. The molecule has 4 N–H and O–H groups in total. The van der Waals surface area contributed by atoms with Gasteiger partial charge in [0.05, 0.1) is 0 Å². The Morgan fingerprint density at radius 3 is 2.67 bits per heavy atom. The molecule has 0 spiro atoms. The van der Waals surface area contributed by atoms with E-state index >= 15 is 0 Å². The third-order valence-corrected chi connectivity index (χ3v) is 1.32. The largest absolute Gasteiger partial charge is 0.508 e. The van der Waals surface area contributed by atoms with Crippen molar-refractivity contribution in [3.8, 4) is 5.75 Å². The van der Waals surface area contributed by atoms with Gasteiger partial charge in [-0.1, -0.05) is 0 Å². The maximum absolute atomic E-state index is 9.12. The summed E-state index contributed by atoms with van der Waals surface area (Å²) in [5.41, 5.74) is 6.40. The van der Waals surface area contributed by atoms with E-state index in [1.165, 1.54) is 12.1 Å². The number of anilines is 1. The fourth-order valence-electron chi connectivity index (χ4n) is 0.791. The first kappa shape index (κ1) is 11.3. The number of aromatic hydroxyl groups is 1. The summed E-state index contributed by atoms with van der Waals surface area (Å²) in [4.78, 5) is 3.85. The first-order valence-corrected chi connectivity index (χ1v) is 3.08. The van der Waals surface area contributed by atoms with Crippen molar-refractivity contribution in [1.82, 2.24) is 0 Å². The minimum atomic E-state index is -0.0587. The Morgan fingerprint density at radius 1 is 1.42 bits per heavy atom. The second-order valence-corrected chi connectivity index (χ2v) is 2.16. The van der Waals surface area contributed by atoms with E-state index in [9.17, 15) is 0 Å². The van der Waals surface area contributed by atoms with Crippen LogP contribution in [0.1, 0.15) is 5.56 Å². The second kappa shape index (κ2) is 5.06. The molecule has 0 fully saturated rings. The maximum atomic E-state index is 9.12. The van der Waals surface area contributed by atoms with Crippen molar-refractivity contribution in [3.05, 3.63) is 23.8 Å². The minimum Gasteiger partial charge on any atom is -0.508 e. The van der Waals surface area contributed by atoms with Crippen LogP contribution in [0.5, 0.6) is 5.75 Å². The molecule has 5 heteroatoms. The summed E-state index contributed by atoms with van der Waals surface area (Å²) >= 11 is 0. The predicted octanol–water partition coefficient (Wildman–Crippen LogP) is 0.962. The fraction of sp³-hybridized carbons (Fsp3) is 0.143. The number of phenolic OH excluding ortho intramolecular Hbond substituents is 1. The SMILES string of the molecule is Nc1ccc(O)c(COO)c1.[V]. The first-order valence-electron chi connectivity index (χ1n) is 3.08. The molecule has 4 nitrogen and oxygen atoms in total. The van der Waals surface area contributed by atoms with Gasteiger partial charge in [-0.05, 0) is 18.2 Å². The van der Waals surface area contributed by atoms with Crippen molar-refractivity contribution >= 4 is 5.69 Å². The molecule has 0 aliphatic rings. The third kappa shape index (κ3) is 2.75. The summed E-state index contributed by atoms with van der Waals surface area (Å²) in [7, 11) is 0. The number of nitrogens with two attached hydrogens (primary N) is 1. The molecule has 0 amide bonds. The van der Waals surface area contributed by atoms with Gasteiger partial charge in [-0.25, -0.2) is 4.89 Å². The molecule has 1 aromatic rings. The normalized spacial score (nSPS) is 9.08. The molecular formula is C7H9NO3V. The van der Waals surface area contributed by atoms with E-state index < -0.39 is 0 Å². The van der Waals surface area contributed by atoms with Crippen LogP contribution >= 0.6 is 0 Å². The molecule has 0 bridgehead atoms. The van der Waals surface area contributed by atoms with Crippen LogP contribution in [0.4, 0.5) is 5.69 Å². The van der Waals surface area contributed by atoms with E-state index in [1.807, 2.05) is 0 Å². The quantitative estimate of drug-likeness (QED) is 0.291. The van der Waals surface area contributed by atoms with Gasteiger partial charge in [-0.15, -0.1) is 0 Å². The molecule has 65 valence electrons. The van der Waals surface area contributed by atoms with Crippen LogP contribution < -0.4 is 5.73 Å². The van der Waals surface area contributed by atoms with Gasteiger partial charge in [0, 0.05) is 29.8 Å². The molecular weight excluding hydrogens is 197 g/mol. The van der Waals surface area contributed by atoms with Crippen molar-refractivity contribution in [1.29, 1.82) is 0 Å². The minimum absolute atomic E-state index is 0. The number of hydrogen-bond donors (Lipinski definition) is 3. The molecule has 0 aliphatic heterocycles. The van der Waals surface area contributed by atoms with E-state index in [4.69, 9.17) is 16.1 Å². The van der Waals surface area contributed by atoms with Crippen LogP contribution in [0.2, 0.25) is 0 Å². The van der Waals surface area contributed by atoms with Gasteiger partial charge in [0.2, 0.25) is 0 Å².